The van der Waals surface area contributed by atoms with Crippen molar-refractivity contribution < 1.29 is 19.1 Å². The van der Waals surface area contributed by atoms with Crippen LogP contribution in [0.25, 0.3) is 0 Å². The van der Waals surface area contributed by atoms with Gasteiger partial charge in [-0.05, 0) is 43.7 Å². The Balaban J connectivity index is 1.90. The second-order valence-corrected chi connectivity index (χ2v) is 5.79. The zero-order valence-corrected chi connectivity index (χ0v) is 14.9. The first kappa shape index (κ1) is 18.8. The maximum absolute atomic E-state index is 12.1. The first-order chi connectivity index (χ1) is 12.0. The highest BCUT2D eigenvalue weighted by Crippen LogP contribution is 2.19. The van der Waals surface area contributed by atoms with Gasteiger partial charge in [0.15, 0.2) is 6.61 Å². The van der Waals surface area contributed by atoms with E-state index in [2.05, 4.69) is 5.32 Å². The van der Waals surface area contributed by atoms with Crippen molar-refractivity contribution in [2.45, 2.75) is 19.9 Å². The Morgan fingerprint density at radius 1 is 1.16 bits per heavy atom. The number of rotatable bonds is 7. The van der Waals surface area contributed by atoms with Gasteiger partial charge < -0.3 is 14.8 Å². The lowest BCUT2D eigenvalue weighted by atomic mass is 10.1. The van der Waals surface area contributed by atoms with Gasteiger partial charge in [-0.3, -0.25) is 4.79 Å². The first-order valence-electron chi connectivity index (χ1n) is 7.95. The summed E-state index contributed by atoms with van der Waals surface area (Å²) in [7, 11) is 0. The van der Waals surface area contributed by atoms with Crippen LogP contribution in [0.5, 0.6) is 5.75 Å². The fourth-order valence-electron chi connectivity index (χ4n) is 2.27. The molecule has 2 rings (SSSR count). The quantitative estimate of drug-likeness (QED) is 0.762. The molecule has 1 atom stereocenters. The van der Waals surface area contributed by atoms with Gasteiger partial charge in [-0.2, -0.15) is 0 Å². The third-order valence-electron chi connectivity index (χ3n) is 3.47. The third-order valence-corrected chi connectivity index (χ3v) is 3.70. The van der Waals surface area contributed by atoms with Gasteiger partial charge in [-0.1, -0.05) is 35.9 Å². The normalized spacial score (nSPS) is 11.5. The number of carbonyl (C=O) groups excluding carboxylic acids is 2. The highest BCUT2D eigenvalue weighted by Gasteiger charge is 2.16. The van der Waals surface area contributed by atoms with Crippen LogP contribution in [0.1, 0.15) is 35.8 Å². The van der Waals surface area contributed by atoms with Gasteiger partial charge in [0.1, 0.15) is 11.3 Å². The highest BCUT2D eigenvalue weighted by molar-refractivity contribution is 6.30. The number of benzene rings is 2. The van der Waals surface area contributed by atoms with E-state index >= 15 is 0 Å². The Hall–Kier alpha value is -2.53. The molecule has 0 aliphatic heterocycles. The molecular formula is C19H20ClNO4. The minimum atomic E-state index is -0.602. The standard InChI is InChI=1S/C19H20ClNO4/c1-3-24-17-10-5-4-9-16(17)19(23)25-12-18(22)21-13(2)14-7-6-8-15(20)11-14/h4-11,13H,3,12H2,1-2H3,(H,21,22)/t13-/m1/s1. The molecule has 0 aromatic heterocycles. The van der Waals surface area contributed by atoms with Gasteiger partial charge in [0.05, 0.1) is 12.6 Å². The number of hydrogen-bond acceptors (Lipinski definition) is 4. The smallest absolute Gasteiger partial charge is 0.342 e. The maximum atomic E-state index is 12.1. The summed E-state index contributed by atoms with van der Waals surface area (Å²) in [6.45, 7) is 3.72. The zero-order valence-electron chi connectivity index (χ0n) is 14.1. The zero-order chi connectivity index (χ0) is 18.2. The van der Waals surface area contributed by atoms with Crippen LogP contribution in [0, 0.1) is 0 Å². The summed E-state index contributed by atoms with van der Waals surface area (Å²) in [5, 5.41) is 3.36. The van der Waals surface area contributed by atoms with E-state index < -0.39 is 11.9 Å². The maximum Gasteiger partial charge on any atom is 0.342 e. The molecule has 1 N–H and O–H groups in total. The van der Waals surface area contributed by atoms with Crippen molar-refractivity contribution in [1.29, 1.82) is 0 Å². The first-order valence-corrected chi connectivity index (χ1v) is 8.32. The van der Waals surface area contributed by atoms with Crippen LogP contribution in [-0.2, 0) is 9.53 Å². The summed E-state index contributed by atoms with van der Waals surface area (Å²) in [5.41, 5.74) is 1.16. The summed E-state index contributed by atoms with van der Waals surface area (Å²) in [6.07, 6.45) is 0. The number of hydrogen-bond donors (Lipinski definition) is 1. The number of nitrogens with one attached hydrogen (secondary N) is 1. The lowest BCUT2D eigenvalue weighted by molar-refractivity contribution is -0.124. The molecule has 6 heteroatoms. The van der Waals surface area contributed by atoms with Crippen LogP contribution in [0.4, 0.5) is 0 Å². The molecule has 0 radical (unpaired) electrons. The van der Waals surface area contributed by atoms with Crippen LogP contribution in [0.3, 0.4) is 0 Å². The number of carbonyl (C=O) groups is 2. The third kappa shape index (κ3) is 5.50. The lowest BCUT2D eigenvalue weighted by Crippen LogP contribution is -2.31. The summed E-state index contributed by atoms with van der Waals surface area (Å²) < 4.78 is 10.5. The fourth-order valence-corrected chi connectivity index (χ4v) is 2.47. The Bertz CT molecular complexity index is 748. The predicted octanol–water partition coefficient (Wildman–Crippen LogP) is 3.77. The summed E-state index contributed by atoms with van der Waals surface area (Å²) in [5.74, 6) is -0.563. The molecule has 0 aliphatic carbocycles. The van der Waals surface area contributed by atoms with Crippen molar-refractivity contribution in [2.24, 2.45) is 0 Å². The minimum absolute atomic E-state index is 0.249. The summed E-state index contributed by atoms with van der Waals surface area (Å²) >= 11 is 5.94. The molecule has 0 saturated heterocycles. The van der Waals surface area contributed by atoms with Crippen LogP contribution >= 0.6 is 11.6 Å². The summed E-state index contributed by atoms with van der Waals surface area (Å²) in [4.78, 5) is 24.2. The average molecular weight is 362 g/mol. The Morgan fingerprint density at radius 2 is 1.92 bits per heavy atom. The molecule has 0 unspecified atom stereocenters. The van der Waals surface area contributed by atoms with Gasteiger partial charge >= 0.3 is 5.97 Å². The summed E-state index contributed by atoms with van der Waals surface area (Å²) in [6, 6.07) is 13.7. The van der Waals surface area contributed by atoms with E-state index in [1.165, 1.54) is 0 Å². The van der Waals surface area contributed by atoms with Crippen molar-refractivity contribution in [3.8, 4) is 5.75 Å². The number of esters is 1. The van der Waals surface area contributed by atoms with E-state index in [4.69, 9.17) is 21.1 Å². The van der Waals surface area contributed by atoms with Crippen LogP contribution in [-0.4, -0.2) is 25.1 Å². The van der Waals surface area contributed by atoms with E-state index in [1.807, 2.05) is 26.0 Å². The van der Waals surface area contributed by atoms with Gasteiger partial charge in [-0.15, -0.1) is 0 Å². The highest BCUT2D eigenvalue weighted by atomic mass is 35.5. The van der Waals surface area contributed by atoms with Gasteiger partial charge in [0.25, 0.3) is 5.91 Å². The van der Waals surface area contributed by atoms with Gasteiger partial charge in [0, 0.05) is 5.02 Å². The second kappa shape index (κ2) is 9.08. The topological polar surface area (TPSA) is 64.6 Å². The molecule has 0 heterocycles. The van der Waals surface area contributed by atoms with Crippen LogP contribution in [0.2, 0.25) is 5.02 Å². The van der Waals surface area contributed by atoms with E-state index in [0.717, 1.165) is 5.56 Å². The number of ether oxygens (including phenoxy) is 2. The average Bonchev–Trinajstić information content (AvgIpc) is 2.60. The molecule has 0 fully saturated rings. The Labute approximate surface area is 151 Å². The minimum Gasteiger partial charge on any atom is -0.493 e. The number of amides is 1. The molecule has 132 valence electrons. The van der Waals surface area contributed by atoms with Gasteiger partial charge in [-0.25, -0.2) is 4.79 Å². The molecule has 25 heavy (non-hydrogen) atoms. The van der Waals surface area contributed by atoms with Crippen molar-refractivity contribution in [3.63, 3.8) is 0 Å². The molecule has 1 amide bonds. The molecule has 0 bridgehead atoms. The van der Waals surface area contributed by atoms with Crippen molar-refractivity contribution in [2.75, 3.05) is 13.2 Å². The Kier molecular flexibility index (Phi) is 6.83. The molecule has 0 saturated carbocycles. The van der Waals surface area contributed by atoms with E-state index in [-0.39, 0.29) is 12.6 Å². The molecular weight excluding hydrogens is 342 g/mol. The van der Waals surface area contributed by atoms with Crippen LogP contribution in [0.15, 0.2) is 48.5 Å². The molecule has 5 nitrogen and oxygen atoms in total. The van der Waals surface area contributed by atoms with Crippen molar-refractivity contribution in [1.82, 2.24) is 5.32 Å². The lowest BCUT2D eigenvalue weighted by Gasteiger charge is -2.15. The molecule has 2 aromatic rings. The monoisotopic (exact) mass is 361 g/mol. The number of para-hydroxylation sites is 1. The molecule has 0 spiro atoms. The fraction of sp³-hybridized carbons (Fsp3) is 0.263. The van der Waals surface area contributed by atoms with Crippen molar-refractivity contribution >= 4 is 23.5 Å². The predicted molar refractivity (Wildman–Crippen MR) is 95.9 cm³/mol. The second-order valence-electron chi connectivity index (χ2n) is 5.35. The van der Waals surface area contributed by atoms with E-state index in [9.17, 15) is 9.59 Å². The molecule has 0 aliphatic rings. The van der Waals surface area contributed by atoms with E-state index in [1.54, 1.807) is 36.4 Å². The SMILES string of the molecule is CCOc1ccccc1C(=O)OCC(=O)N[C@H](C)c1cccc(Cl)c1. The van der Waals surface area contributed by atoms with E-state index in [0.29, 0.717) is 22.9 Å². The number of halogens is 1. The largest absolute Gasteiger partial charge is 0.493 e. The molecule has 2 aromatic carbocycles. The van der Waals surface area contributed by atoms with Crippen LogP contribution < -0.4 is 10.1 Å². The van der Waals surface area contributed by atoms with Crippen molar-refractivity contribution in [3.05, 3.63) is 64.7 Å². The Morgan fingerprint density at radius 3 is 2.64 bits per heavy atom. The van der Waals surface area contributed by atoms with Gasteiger partial charge in [0.2, 0.25) is 0 Å².